The molecule has 1 aromatic rings. The summed E-state index contributed by atoms with van der Waals surface area (Å²) in [6.45, 7) is 7.12. The van der Waals surface area contributed by atoms with Gasteiger partial charge in [-0.3, -0.25) is 4.90 Å². The van der Waals surface area contributed by atoms with Gasteiger partial charge in [-0.25, -0.2) is 0 Å². The van der Waals surface area contributed by atoms with Crippen LogP contribution in [0.1, 0.15) is 45.1 Å². The molecule has 0 spiro atoms. The number of likely N-dealkylation sites (tertiary alicyclic amines) is 1. The topological polar surface area (TPSA) is 15.3 Å². The zero-order valence-corrected chi connectivity index (χ0v) is 12.9. The van der Waals surface area contributed by atoms with Gasteiger partial charge in [-0.1, -0.05) is 44.2 Å². The van der Waals surface area contributed by atoms with E-state index in [4.69, 9.17) is 0 Å². The molecule has 2 nitrogen and oxygen atoms in total. The smallest absolute Gasteiger partial charge is 0.0275 e. The first-order valence-corrected chi connectivity index (χ1v) is 8.28. The molecule has 2 fully saturated rings. The molecule has 2 atom stereocenters. The van der Waals surface area contributed by atoms with Crippen molar-refractivity contribution in [3.63, 3.8) is 0 Å². The Bertz CT molecular complexity index is 411. The maximum atomic E-state index is 3.90. The number of piperidine rings is 1. The molecule has 2 unspecified atom stereocenters. The minimum atomic E-state index is 0.685. The van der Waals surface area contributed by atoms with Crippen molar-refractivity contribution in [3.05, 3.63) is 35.9 Å². The predicted molar refractivity (Wildman–Crippen MR) is 84.7 cm³/mol. The van der Waals surface area contributed by atoms with Crippen LogP contribution < -0.4 is 5.32 Å². The quantitative estimate of drug-likeness (QED) is 0.883. The lowest BCUT2D eigenvalue weighted by Gasteiger charge is -2.44. The van der Waals surface area contributed by atoms with Gasteiger partial charge in [0.2, 0.25) is 0 Å². The van der Waals surface area contributed by atoms with Crippen LogP contribution in [0.5, 0.6) is 0 Å². The summed E-state index contributed by atoms with van der Waals surface area (Å²) in [5.41, 5.74) is 1.45. The number of benzene rings is 1. The van der Waals surface area contributed by atoms with Gasteiger partial charge in [-0.15, -0.1) is 0 Å². The first kappa shape index (κ1) is 14.1. The van der Waals surface area contributed by atoms with Gasteiger partial charge in [0.1, 0.15) is 0 Å². The number of hydrogen-bond donors (Lipinski definition) is 1. The van der Waals surface area contributed by atoms with Crippen LogP contribution >= 0.6 is 0 Å². The van der Waals surface area contributed by atoms with E-state index in [9.17, 15) is 0 Å². The lowest BCUT2D eigenvalue weighted by molar-refractivity contribution is 0.0710. The molecule has 0 amide bonds. The molecule has 110 valence electrons. The second kappa shape index (κ2) is 6.28. The number of hydrogen-bond acceptors (Lipinski definition) is 2. The summed E-state index contributed by atoms with van der Waals surface area (Å²) in [4.78, 5) is 2.71. The van der Waals surface area contributed by atoms with E-state index in [0.717, 1.165) is 18.5 Å². The van der Waals surface area contributed by atoms with Crippen LogP contribution in [0.2, 0.25) is 0 Å². The third kappa shape index (κ3) is 3.42. The molecule has 1 saturated heterocycles. The number of nitrogens with one attached hydrogen (secondary N) is 1. The molecule has 20 heavy (non-hydrogen) atoms. The van der Waals surface area contributed by atoms with Crippen molar-refractivity contribution in [2.75, 3.05) is 6.54 Å². The SMILES string of the molecule is CC(C)C1C(NC2CC2)CCCN1Cc1ccccc1. The van der Waals surface area contributed by atoms with Crippen molar-refractivity contribution >= 4 is 0 Å². The maximum Gasteiger partial charge on any atom is 0.0275 e. The molecule has 2 heteroatoms. The van der Waals surface area contributed by atoms with Crippen LogP contribution in [0, 0.1) is 5.92 Å². The molecule has 1 heterocycles. The van der Waals surface area contributed by atoms with E-state index < -0.39 is 0 Å². The van der Waals surface area contributed by atoms with Crippen molar-refractivity contribution in [1.29, 1.82) is 0 Å². The van der Waals surface area contributed by atoms with E-state index in [-0.39, 0.29) is 0 Å². The Hall–Kier alpha value is -0.860. The molecule has 1 aliphatic carbocycles. The summed E-state index contributed by atoms with van der Waals surface area (Å²) in [5, 5.41) is 3.90. The van der Waals surface area contributed by atoms with Crippen LogP contribution in [-0.2, 0) is 6.54 Å². The minimum absolute atomic E-state index is 0.685. The summed E-state index contributed by atoms with van der Waals surface area (Å²) in [6.07, 6.45) is 5.46. The third-order valence-corrected chi connectivity index (χ3v) is 4.73. The summed E-state index contributed by atoms with van der Waals surface area (Å²) in [6, 6.07) is 13.1. The van der Waals surface area contributed by atoms with Crippen LogP contribution in [-0.4, -0.2) is 29.6 Å². The van der Waals surface area contributed by atoms with Crippen molar-refractivity contribution in [3.8, 4) is 0 Å². The van der Waals surface area contributed by atoms with E-state index >= 15 is 0 Å². The fourth-order valence-electron chi connectivity index (χ4n) is 3.71. The summed E-state index contributed by atoms with van der Waals surface area (Å²) in [5.74, 6) is 0.718. The zero-order chi connectivity index (χ0) is 13.9. The molecule has 1 aliphatic heterocycles. The normalized spacial score (nSPS) is 27.9. The summed E-state index contributed by atoms with van der Waals surface area (Å²) in [7, 11) is 0. The summed E-state index contributed by atoms with van der Waals surface area (Å²) < 4.78 is 0. The lowest BCUT2D eigenvalue weighted by Crippen LogP contribution is -2.56. The number of rotatable bonds is 5. The fraction of sp³-hybridized carbons (Fsp3) is 0.667. The van der Waals surface area contributed by atoms with E-state index in [2.05, 4.69) is 54.4 Å². The Morgan fingerprint density at radius 3 is 2.55 bits per heavy atom. The van der Waals surface area contributed by atoms with Gasteiger partial charge >= 0.3 is 0 Å². The highest BCUT2D eigenvalue weighted by Gasteiger charge is 2.36. The first-order valence-electron chi connectivity index (χ1n) is 8.28. The van der Waals surface area contributed by atoms with Crippen molar-refractivity contribution in [1.82, 2.24) is 10.2 Å². The molecule has 1 N–H and O–H groups in total. The van der Waals surface area contributed by atoms with Crippen LogP contribution in [0.15, 0.2) is 30.3 Å². The molecule has 0 aromatic heterocycles. The molecular weight excluding hydrogens is 244 g/mol. The van der Waals surface area contributed by atoms with Gasteiger partial charge in [0.15, 0.2) is 0 Å². The van der Waals surface area contributed by atoms with Crippen LogP contribution in [0.3, 0.4) is 0 Å². The van der Waals surface area contributed by atoms with E-state index in [1.165, 1.54) is 37.8 Å². The molecule has 1 saturated carbocycles. The summed E-state index contributed by atoms with van der Waals surface area (Å²) >= 11 is 0. The van der Waals surface area contributed by atoms with Crippen molar-refractivity contribution < 1.29 is 0 Å². The Morgan fingerprint density at radius 1 is 1.15 bits per heavy atom. The van der Waals surface area contributed by atoms with Gasteiger partial charge < -0.3 is 5.32 Å². The predicted octanol–water partition coefficient (Wildman–Crippen LogP) is 3.43. The van der Waals surface area contributed by atoms with Crippen LogP contribution in [0.4, 0.5) is 0 Å². The van der Waals surface area contributed by atoms with Crippen LogP contribution in [0.25, 0.3) is 0 Å². The van der Waals surface area contributed by atoms with E-state index in [1.807, 2.05) is 0 Å². The highest BCUT2D eigenvalue weighted by atomic mass is 15.2. The van der Waals surface area contributed by atoms with E-state index in [0.29, 0.717) is 12.1 Å². The van der Waals surface area contributed by atoms with E-state index in [1.54, 1.807) is 0 Å². The Morgan fingerprint density at radius 2 is 1.90 bits per heavy atom. The average molecular weight is 272 g/mol. The van der Waals surface area contributed by atoms with Crippen molar-refractivity contribution in [2.45, 2.75) is 64.2 Å². The van der Waals surface area contributed by atoms with Gasteiger partial charge in [0, 0.05) is 24.7 Å². The molecule has 3 rings (SSSR count). The minimum Gasteiger partial charge on any atom is -0.310 e. The van der Waals surface area contributed by atoms with Gasteiger partial charge in [0.05, 0.1) is 0 Å². The Labute approximate surface area is 123 Å². The van der Waals surface area contributed by atoms with Gasteiger partial charge in [0.25, 0.3) is 0 Å². The Kier molecular flexibility index (Phi) is 4.42. The fourth-order valence-corrected chi connectivity index (χ4v) is 3.71. The van der Waals surface area contributed by atoms with Gasteiger partial charge in [-0.2, -0.15) is 0 Å². The van der Waals surface area contributed by atoms with Gasteiger partial charge in [-0.05, 0) is 43.7 Å². The molecule has 2 aliphatic rings. The monoisotopic (exact) mass is 272 g/mol. The largest absolute Gasteiger partial charge is 0.310 e. The van der Waals surface area contributed by atoms with Crippen molar-refractivity contribution in [2.24, 2.45) is 5.92 Å². The first-order chi connectivity index (χ1) is 9.74. The molecular formula is C18H28N2. The third-order valence-electron chi connectivity index (χ3n) is 4.73. The molecule has 1 aromatic carbocycles. The average Bonchev–Trinajstić information content (AvgIpc) is 3.24. The second-order valence-electron chi connectivity index (χ2n) is 6.88. The Balaban J connectivity index is 1.70. The number of nitrogens with zero attached hydrogens (tertiary/aromatic N) is 1. The maximum absolute atomic E-state index is 3.90. The highest BCUT2D eigenvalue weighted by molar-refractivity contribution is 5.15. The standard InChI is InChI=1S/C18H28N2/c1-14(2)18-17(19-16-10-11-16)9-6-12-20(18)13-15-7-4-3-5-8-15/h3-5,7-8,14,16-19H,6,9-13H2,1-2H3. The second-order valence-corrected chi connectivity index (χ2v) is 6.88. The zero-order valence-electron chi connectivity index (χ0n) is 12.9. The molecule has 0 bridgehead atoms. The highest BCUT2D eigenvalue weighted by Crippen LogP contribution is 2.29. The molecule has 0 radical (unpaired) electrons. The lowest BCUT2D eigenvalue weighted by atomic mass is 9.87.